The van der Waals surface area contributed by atoms with Crippen LogP contribution < -0.4 is 5.32 Å². The van der Waals surface area contributed by atoms with Crippen LogP contribution in [-0.4, -0.2) is 19.1 Å². The SMILES string of the molecule is COC(=O)C(Cc1ccccc1)Nc1ccc(Cl)c(Br)c1. The van der Waals surface area contributed by atoms with E-state index in [2.05, 4.69) is 21.2 Å². The molecule has 1 unspecified atom stereocenters. The predicted molar refractivity (Wildman–Crippen MR) is 88.7 cm³/mol. The van der Waals surface area contributed by atoms with Crippen molar-refractivity contribution in [2.24, 2.45) is 0 Å². The molecule has 0 saturated carbocycles. The summed E-state index contributed by atoms with van der Waals surface area (Å²) in [5.74, 6) is -0.301. The van der Waals surface area contributed by atoms with E-state index in [1.807, 2.05) is 42.5 Å². The molecule has 0 fully saturated rings. The molecule has 110 valence electrons. The van der Waals surface area contributed by atoms with Gasteiger partial charge in [-0.25, -0.2) is 4.79 Å². The van der Waals surface area contributed by atoms with Crippen LogP contribution in [0, 0.1) is 0 Å². The highest BCUT2D eigenvalue weighted by molar-refractivity contribution is 9.10. The lowest BCUT2D eigenvalue weighted by molar-refractivity contribution is -0.141. The van der Waals surface area contributed by atoms with Crippen LogP contribution in [0.3, 0.4) is 0 Å². The first-order valence-electron chi connectivity index (χ1n) is 6.43. The summed E-state index contributed by atoms with van der Waals surface area (Å²) in [4.78, 5) is 12.0. The summed E-state index contributed by atoms with van der Waals surface area (Å²) < 4.78 is 5.65. The van der Waals surface area contributed by atoms with E-state index >= 15 is 0 Å². The second-order valence-electron chi connectivity index (χ2n) is 4.54. The van der Waals surface area contributed by atoms with E-state index in [1.54, 1.807) is 6.07 Å². The number of benzene rings is 2. The van der Waals surface area contributed by atoms with E-state index < -0.39 is 6.04 Å². The maximum absolute atomic E-state index is 12.0. The molecule has 5 heteroatoms. The molecule has 0 saturated heterocycles. The zero-order chi connectivity index (χ0) is 15.2. The Morgan fingerprint density at radius 2 is 2.00 bits per heavy atom. The normalized spacial score (nSPS) is 11.8. The van der Waals surface area contributed by atoms with Crippen molar-refractivity contribution in [2.75, 3.05) is 12.4 Å². The number of halogens is 2. The van der Waals surface area contributed by atoms with Crippen LogP contribution in [0.1, 0.15) is 5.56 Å². The second kappa shape index (κ2) is 7.48. The number of rotatable bonds is 5. The van der Waals surface area contributed by atoms with E-state index in [0.29, 0.717) is 11.4 Å². The first-order valence-corrected chi connectivity index (χ1v) is 7.60. The van der Waals surface area contributed by atoms with Crippen molar-refractivity contribution >= 4 is 39.2 Å². The second-order valence-corrected chi connectivity index (χ2v) is 5.80. The average Bonchev–Trinajstić information content (AvgIpc) is 2.50. The van der Waals surface area contributed by atoms with Gasteiger partial charge in [-0.3, -0.25) is 0 Å². The highest BCUT2D eigenvalue weighted by Crippen LogP contribution is 2.26. The van der Waals surface area contributed by atoms with Crippen LogP contribution in [0.25, 0.3) is 0 Å². The molecule has 0 aliphatic rings. The molecule has 0 aliphatic heterocycles. The minimum Gasteiger partial charge on any atom is -0.467 e. The summed E-state index contributed by atoms with van der Waals surface area (Å²) in [6, 6.07) is 14.8. The Hall–Kier alpha value is -1.52. The van der Waals surface area contributed by atoms with Crippen LogP contribution in [0.4, 0.5) is 5.69 Å². The number of hydrogen-bond acceptors (Lipinski definition) is 3. The van der Waals surface area contributed by atoms with Crippen molar-refractivity contribution in [3.8, 4) is 0 Å². The van der Waals surface area contributed by atoms with Gasteiger partial charge in [0, 0.05) is 16.6 Å². The van der Waals surface area contributed by atoms with Crippen molar-refractivity contribution in [1.29, 1.82) is 0 Å². The largest absolute Gasteiger partial charge is 0.467 e. The van der Waals surface area contributed by atoms with Gasteiger partial charge in [-0.05, 0) is 39.7 Å². The zero-order valence-electron chi connectivity index (χ0n) is 11.5. The monoisotopic (exact) mass is 367 g/mol. The molecule has 0 amide bonds. The molecular weight excluding hydrogens is 354 g/mol. The molecule has 0 radical (unpaired) electrons. The molecule has 1 N–H and O–H groups in total. The van der Waals surface area contributed by atoms with Crippen molar-refractivity contribution in [3.05, 3.63) is 63.6 Å². The Morgan fingerprint density at radius 1 is 1.29 bits per heavy atom. The zero-order valence-corrected chi connectivity index (χ0v) is 13.8. The summed E-state index contributed by atoms with van der Waals surface area (Å²) in [6.45, 7) is 0. The molecule has 1 atom stereocenters. The summed E-state index contributed by atoms with van der Waals surface area (Å²) in [5, 5.41) is 3.81. The average molecular weight is 369 g/mol. The molecule has 0 bridgehead atoms. The summed E-state index contributed by atoms with van der Waals surface area (Å²) in [5.41, 5.74) is 1.87. The Morgan fingerprint density at radius 3 is 2.62 bits per heavy atom. The minimum absolute atomic E-state index is 0.301. The van der Waals surface area contributed by atoms with E-state index in [-0.39, 0.29) is 5.97 Å². The quantitative estimate of drug-likeness (QED) is 0.800. The maximum Gasteiger partial charge on any atom is 0.328 e. The topological polar surface area (TPSA) is 38.3 Å². The van der Waals surface area contributed by atoms with E-state index in [4.69, 9.17) is 16.3 Å². The van der Waals surface area contributed by atoms with Crippen molar-refractivity contribution in [1.82, 2.24) is 0 Å². The Labute approximate surface area is 137 Å². The molecule has 0 aliphatic carbocycles. The highest BCUT2D eigenvalue weighted by atomic mass is 79.9. The Balaban J connectivity index is 2.16. The van der Waals surface area contributed by atoms with Gasteiger partial charge in [-0.1, -0.05) is 41.9 Å². The van der Waals surface area contributed by atoms with Gasteiger partial charge < -0.3 is 10.1 Å². The number of anilines is 1. The van der Waals surface area contributed by atoms with Crippen LogP contribution >= 0.6 is 27.5 Å². The molecule has 21 heavy (non-hydrogen) atoms. The Kier molecular flexibility index (Phi) is 5.65. The van der Waals surface area contributed by atoms with Gasteiger partial charge in [0.05, 0.1) is 12.1 Å². The molecule has 2 aromatic carbocycles. The standard InChI is InChI=1S/C16H15BrClNO2/c1-21-16(20)15(9-11-5-3-2-4-6-11)19-12-7-8-14(18)13(17)10-12/h2-8,10,15,19H,9H2,1H3. The van der Waals surface area contributed by atoms with Gasteiger partial charge >= 0.3 is 5.97 Å². The lowest BCUT2D eigenvalue weighted by atomic mass is 10.1. The number of ether oxygens (including phenoxy) is 1. The van der Waals surface area contributed by atoms with Gasteiger partial charge in [-0.2, -0.15) is 0 Å². The highest BCUT2D eigenvalue weighted by Gasteiger charge is 2.19. The minimum atomic E-state index is -0.453. The van der Waals surface area contributed by atoms with Gasteiger partial charge in [0.25, 0.3) is 0 Å². The summed E-state index contributed by atoms with van der Waals surface area (Å²) >= 11 is 9.34. The van der Waals surface area contributed by atoms with Gasteiger partial charge in [0.15, 0.2) is 0 Å². The molecular formula is C16H15BrClNO2. The van der Waals surface area contributed by atoms with E-state index in [1.165, 1.54) is 7.11 Å². The predicted octanol–water partition coefficient (Wildman–Crippen LogP) is 4.30. The molecule has 2 aromatic rings. The summed E-state index contributed by atoms with van der Waals surface area (Å²) in [7, 11) is 1.39. The first kappa shape index (κ1) is 15.9. The number of hydrogen-bond donors (Lipinski definition) is 1. The third-order valence-electron chi connectivity index (χ3n) is 3.03. The lowest BCUT2D eigenvalue weighted by Gasteiger charge is -2.18. The number of carbonyl (C=O) groups excluding carboxylic acids is 1. The van der Waals surface area contributed by atoms with Crippen LogP contribution in [-0.2, 0) is 16.0 Å². The van der Waals surface area contributed by atoms with Crippen molar-refractivity contribution in [3.63, 3.8) is 0 Å². The van der Waals surface area contributed by atoms with Gasteiger partial charge in [0.1, 0.15) is 6.04 Å². The fourth-order valence-corrected chi connectivity index (χ4v) is 2.47. The number of carbonyl (C=O) groups is 1. The van der Waals surface area contributed by atoms with Crippen LogP contribution in [0.5, 0.6) is 0 Å². The van der Waals surface area contributed by atoms with E-state index in [9.17, 15) is 4.79 Å². The van der Waals surface area contributed by atoms with Crippen LogP contribution in [0.15, 0.2) is 53.0 Å². The van der Waals surface area contributed by atoms with Crippen LogP contribution in [0.2, 0.25) is 5.02 Å². The fraction of sp³-hybridized carbons (Fsp3) is 0.188. The third kappa shape index (κ3) is 4.48. The third-order valence-corrected chi connectivity index (χ3v) is 4.24. The van der Waals surface area contributed by atoms with E-state index in [0.717, 1.165) is 15.7 Å². The number of esters is 1. The van der Waals surface area contributed by atoms with Crippen molar-refractivity contribution in [2.45, 2.75) is 12.5 Å². The number of methoxy groups -OCH3 is 1. The summed E-state index contributed by atoms with van der Waals surface area (Å²) in [6.07, 6.45) is 0.549. The molecule has 2 rings (SSSR count). The smallest absolute Gasteiger partial charge is 0.328 e. The Bertz CT molecular complexity index is 619. The van der Waals surface area contributed by atoms with Gasteiger partial charge in [-0.15, -0.1) is 0 Å². The molecule has 0 aromatic heterocycles. The molecule has 0 heterocycles. The lowest BCUT2D eigenvalue weighted by Crippen LogP contribution is -2.32. The maximum atomic E-state index is 12.0. The first-order chi connectivity index (χ1) is 10.1. The van der Waals surface area contributed by atoms with Crippen molar-refractivity contribution < 1.29 is 9.53 Å². The fourth-order valence-electron chi connectivity index (χ4n) is 1.97. The molecule has 0 spiro atoms. The van der Waals surface area contributed by atoms with Gasteiger partial charge in [0.2, 0.25) is 0 Å². The number of nitrogens with one attached hydrogen (secondary N) is 1. The molecule has 3 nitrogen and oxygen atoms in total.